The van der Waals surface area contributed by atoms with Gasteiger partial charge in [-0.2, -0.15) is 0 Å². The highest BCUT2D eigenvalue weighted by molar-refractivity contribution is 7.90. The number of hydrogen-bond acceptors (Lipinski definition) is 5. The van der Waals surface area contributed by atoms with Crippen LogP contribution in [0.3, 0.4) is 0 Å². The molecule has 0 aromatic heterocycles. The Labute approximate surface area is 163 Å². The standard InChI is InChI=1S/C20H19ClO5S/c1-3-26-20(23)18(12-13-22)19(14-4-8-16(21)9-5-14)15-6-10-17(11-7-15)27(2,24)25/h4-13,22H,3H2,1-2H3/b13-12-,19-18+. The van der Waals surface area contributed by atoms with Crippen LogP contribution in [0.2, 0.25) is 5.02 Å². The molecule has 1 N–H and O–H groups in total. The molecule has 0 fully saturated rings. The quantitative estimate of drug-likeness (QED) is 0.337. The lowest BCUT2D eigenvalue weighted by Gasteiger charge is -2.14. The molecule has 0 unspecified atom stereocenters. The van der Waals surface area contributed by atoms with E-state index in [1.54, 1.807) is 43.3 Å². The number of hydrogen-bond donors (Lipinski definition) is 1. The number of carbonyl (C=O) groups excluding carboxylic acids is 1. The van der Waals surface area contributed by atoms with Crippen molar-refractivity contribution < 1.29 is 23.1 Å². The number of rotatable bonds is 6. The van der Waals surface area contributed by atoms with Crippen LogP contribution in [0.1, 0.15) is 18.1 Å². The average molecular weight is 407 g/mol. The third-order valence-corrected chi connectivity index (χ3v) is 5.09. The number of esters is 1. The predicted octanol–water partition coefficient (Wildman–Crippen LogP) is 4.18. The van der Waals surface area contributed by atoms with Crippen LogP contribution in [0, 0.1) is 0 Å². The Balaban J connectivity index is 2.74. The lowest BCUT2D eigenvalue weighted by atomic mass is 9.93. The summed E-state index contributed by atoms with van der Waals surface area (Å²) in [4.78, 5) is 12.6. The monoisotopic (exact) mass is 406 g/mol. The summed E-state index contributed by atoms with van der Waals surface area (Å²) in [6, 6.07) is 12.9. The maximum atomic E-state index is 12.4. The Hall–Kier alpha value is -2.57. The van der Waals surface area contributed by atoms with Gasteiger partial charge >= 0.3 is 5.97 Å². The molecule has 0 saturated carbocycles. The van der Waals surface area contributed by atoms with Gasteiger partial charge in [-0.1, -0.05) is 35.9 Å². The van der Waals surface area contributed by atoms with Gasteiger partial charge in [0, 0.05) is 16.9 Å². The van der Waals surface area contributed by atoms with Crippen LogP contribution >= 0.6 is 11.6 Å². The first-order valence-electron chi connectivity index (χ1n) is 8.06. The van der Waals surface area contributed by atoms with Crippen molar-refractivity contribution >= 4 is 33.0 Å². The van der Waals surface area contributed by atoms with E-state index in [-0.39, 0.29) is 17.1 Å². The fourth-order valence-electron chi connectivity index (χ4n) is 2.50. The zero-order chi connectivity index (χ0) is 20.0. The number of aliphatic hydroxyl groups excluding tert-OH is 1. The molecule has 2 aromatic rings. The lowest BCUT2D eigenvalue weighted by molar-refractivity contribution is -0.138. The molecule has 0 amide bonds. The van der Waals surface area contributed by atoms with Crippen molar-refractivity contribution in [1.82, 2.24) is 0 Å². The summed E-state index contributed by atoms with van der Waals surface area (Å²) >= 11 is 5.96. The zero-order valence-electron chi connectivity index (χ0n) is 14.8. The molecule has 2 aromatic carbocycles. The van der Waals surface area contributed by atoms with Crippen LogP contribution in [0.5, 0.6) is 0 Å². The second-order valence-corrected chi connectivity index (χ2v) is 8.08. The lowest BCUT2D eigenvalue weighted by Crippen LogP contribution is -2.09. The Morgan fingerprint density at radius 2 is 1.59 bits per heavy atom. The fourth-order valence-corrected chi connectivity index (χ4v) is 3.26. The third-order valence-electron chi connectivity index (χ3n) is 3.71. The SMILES string of the molecule is CCOC(=O)C(/C=C\O)=C(\c1ccc(Cl)cc1)c1ccc(S(C)(=O)=O)cc1. The van der Waals surface area contributed by atoms with E-state index in [0.717, 1.165) is 12.5 Å². The van der Waals surface area contributed by atoms with E-state index in [0.29, 0.717) is 21.7 Å². The molecule has 0 aliphatic carbocycles. The van der Waals surface area contributed by atoms with E-state index in [9.17, 15) is 18.3 Å². The summed E-state index contributed by atoms with van der Waals surface area (Å²) in [5.41, 5.74) is 1.86. The number of sulfone groups is 1. The maximum Gasteiger partial charge on any atom is 0.338 e. The van der Waals surface area contributed by atoms with Gasteiger partial charge in [-0.25, -0.2) is 13.2 Å². The first-order chi connectivity index (χ1) is 12.8. The van der Waals surface area contributed by atoms with Crippen LogP contribution in [0.4, 0.5) is 0 Å². The van der Waals surface area contributed by atoms with Gasteiger partial charge in [0.05, 0.1) is 23.3 Å². The molecule has 27 heavy (non-hydrogen) atoms. The smallest absolute Gasteiger partial charge is 0.338 e. The summed E-state index contributed by atoms with van der Waals surface area (Å²) in [5, 5.41) is 9.80. The van der Waals surface area contributed by atoms with E-state index < -0.39 is 15.8 Å². The molecule has 0 bridgehead atoms. The van der Waals surface area contributed by atoms with Crippen molar-refractivity contribution in [3.63, 3.8) is 0 Å². The normalized spacial score (nSPS) is 12.7. The molecule has 7 heteroatoms. The minimum absolute atomic E-state index is 0.133. The number of ether oxygens (including phenoxy) is 1. The van der Waals surface area contributed by atoms with Crippen LogP contribution in [-0.2, 0) is 19.4 Å². The highest BCUT2D eigenvalue weighted by Crippen LogP contribution is 2.30. The molecule has 0 aliphatic rings. The van der Waals surface area contributed by atoms with Crippen LogP contribution < -0.4 is 0 Å². The largest absolute Gasteiger partial charge is 0.516 e. The molecule has 5 nitrogen and oxygen atoms in total. The summed E-state index contributed by atoms with van der Waals surface area (Å²) in [6.45, 7) is 1.85. The average Bonchev–Trinajstić information content (AvgIpc) is 2.62. The van der Waals surface area contributed by atoms with Gasteiger partial charge < -0.3 is 9.84 Å². The third kappa shape index (κ3) is 5.21. The highest BCUT2D eigenvalue weighted by atomic mass is 35.5. The summed E-state index contributed by atoms with van der Waals surface area (Å²) in [6.07, 6.45) is 3.12. The number of halogens is 1. The first kappa shape index (κ1) is 20.7. The zero-order valence-corrected chi connectivity index (χ0v) is 16.4. The number of aliphatic hydroxyl groups is 1. The van der Waals surface area contributed by atoms with Crippen LogP contribution in [0.15, 0.2) is 71.3 Å². The van der Waals surface area contributed by atoms with Gasteiger partial charge in [0.15, 0.2) is 9.84 Å². The van der Waals surface area contributed by atoms with Gasteiger partial charge in [0.25, 0.3) is 0 Å². The van der Waals surface area contributed by atoms with Crippen molar-refractivity contribution in [2.45, 2.75) is 11.8 Å². The van der Waals surface area contributed by atoms with Gasteiger partial charge in [-0.15, -0.1) is 0 Å². The van der Waals surface area contributed by atoms with Gasteiger partial charge in [-0.3, -0.25) is 0 Å². The van der Waals surface area contributed by atoms with Gasteiger partial charge in [-0.05, 0) is 48.4 Å². The molecule has 0 aliphatic heterocycles. The Morgan fingerprint density at radius 1 is 1.07 bits per heavy atom. The molecule has 142 valence electrons. The molecular formula is C20H19ClO5S. The first-order valence-corrected chi connectivity index (χ1v) is 10.3. The summed E-state index contributed by atoms with van der Waals surface area (Å²) < 4.78 is 28.5. The van der Waals surface area contributed by atoms with Crippen molar-refractivity contribution in [3.05, 3.63) is 82.6 Å². The van der Waals surface area contributed by atoms with Crippen molar-refractivity contribution in [2.24, 2.45) is 0 Å². The summed E-state index contributed by atoms with van der Waals surface area (Å²) in [7, 11) is -3.35. The molecule has 2 rings (SSSR count). The molecule has 0 atom stereocenters. The minimum atomic E-state index is -3.35. The molecular weight excluding hydrogens is 388 g/mol. The topological polar surface area (TPSA) is 80.7 Å². The fraction of sp³-hybridized carbons (Fsp3) is 0.150. The van der Waals surface area contributed by atoms with Crippen LogP contribution in [0.25, 0.3) is 5.57 Å². The van der Waals surface area contributed by atoms with Crippen LogP contribution in [-0.4, -0.2) is 32.4 Å². The van der Waals surface area contributed by atoms with Gasteiger partial charge in [0.1, 0.15) is 0 Å². The highest BCUT2D eigenvalue weighted by Gasteiger charge is 2.18. The van der Waals surface area contributed by atoms with Crippen molar-refractivity contribution in [3.8, 4) is 0 Å². The molecule has 0 heterocycles. The van der Waals surface area contributed by atoms with E-state index >= 15 is 0 Å². The van der Waals surface area contributed by atoms with Gasteiger partial charge in [0.2, 0.25) is 0 Å². The van der Waals surface area contributed by atoms with E-state index in [1.165, 1.54) is 18.2 Å². The summed E-state index contributed by atoms with van der Waals surface area (Å²) in [5.74, 6) is -0.611. The van der Waals surface area contributed by atoms with E-state index in [1.807, 2.05) is 0 Å². The predicted molar refractivity (Wildman–Crippen MR) is 105 cm³/mol. The second-order valence-electron chi connectivity index (χ2n) is 5.63. The van der Waals surface area contributed by atoms with E-state index in [4.69, 9.17) is 16.3 Å². The maximum absolute atomic E-state index is 12.4. The molecule has 0 spiro atoms. The second kappa shape index (κ2) is 8.88. The molecule has 0 radical (unpaired) electrons. The number of carbonyl (C=O) groups is 1. The Kier molecular flexibility index (Phi) is 6.82. The number of benzene rings is 2. The van der Waals surface area contributed by atoms with Crippen molar-refractivity contribution in [1.29, 1.82) is 0 Å². The van der Waals surface area contributed by atoms with E-state index in [2.05, 4.69) is 0 Å². The van der Waals surface area contributed by atoms with Crippen molar-refractivity contribution in [2.75, 3.05) is 12.9 Å². The Morgan fingerprint density at radius 3 is 2.04 bits per heavy atom. The Bertz CT molecular complexity index is 972. The molecule has 0 saturated heterocycles. The minimum Gasteiger partial charge on any atom is -0.516 e.